The maximum absolute atomic E-state index is 13.5. The fraction of sp³-hybridized carbons (Fsp3) is 0.292. The fourth-order valence-corrected chi connectivity index (χ4v) is 4.54. The Balaban J connectivity index is 1.58. The molecule has 1 fully saturated rings. The Hall–Kier alpha value is -2.90. The predicted molar refractivity (Wildman–Crippen MR) is 124 cm³/mol. The summed E-state index contributed by atoms with van der Waals surface area (Å²) in [6, 6.07) is 10.9. The van der Waals surface area contributed by atoms with E-state index in [-0.39, 0.29) is 22.6 Å². The molecule has 4 rings (SSSR count). The first kappa shape index (κ1) is 23.3. The molecule has 1 aliphatic heterocycles. The number of carboxylic acid groups (broad SMARTS) is 1. The van der Waals surface area contributed by atoms with E-state index in [9.17, 15) is 19.1 Å². The third-order valence-electron chi connectivity index (χ3n) is 5.71. The van der Waals surface area contributed by atoms with Crippen LogP contribution in [0.2, 0.25) is 10.2 Å². The highest BCUT2D eigenvalue weighted by atomic mass is 35.5. The lowest BCUT2D eigenvalue weighted by Crippen LogP contribution is -2.47. The number of hydrogen-bond acceptors (Lipinski definition) is 4. The van der Waals surface area contributed by atoms with Crippen LogP contribution in [0.5, 0.6) is 5.75 Å². The lowest BCUT2D eigenvalue weighted by Gasteiger charge is -2.32. The summed E-state index contributed by atoms with van der Waals surface area (Å²) in [5.41, 5.74) is 1.83. The molecule has 0 radical (unpaired) electrons. The Morgan fingerprint density at radius 1 is 1.18 bits per heavy atom. The molecular weight excluding hydrogens is 470 g/mol. The average Bonchev–Trinajstić information content (AvgIpc) is 2.78. The van der Waals surface area contributed by atoms with E-state index in [0.717, 1.165) is 5.39 Å². The highest BCUT2D eigenvalue weighted by Gasteiger charge is 2.31. The van der Waals surface area contributed by atoms with E-state index in [1.807, 2.05) is 0 Å². The Morgan fingerprint density at radius 3 is 2.70 bits per heavy atom. The van der Waals surface area contributed by atoms with Crippen molar-refractivity contribution in [1.82, 2.24) is 9.88 Å². The number of carbonyl (C=O) groups excluding carboxylic acids is 1. The minimum Gasteiger partial charge on any atom is -0.481 e. The molecule has 0 saturated carbocycles. The topological polar surface area (TPSA) is 79.7 Å². The molecule has 0 bridgehead atoms. The summed E-state index contributed by atoms with van der Waals surface area (Å²) in [5, 5.41) is 10.5. The van der Waals surface area contributed by atoms with Gasteiger partial charge in [0.15, 0.2) is 6.10 Å². The van der Waals surface area contributed by atoms with Gasteiger partial charge in [0.1, 0.15) is 16.7 Å². The molecule has 172 valence electrons. The van der Waals surface area contributed by atoms with Crippen LogP contribution in [0.15, 0.2) is 42.5 Å². The van der Waals surface area contributed by atoms with Gasteiger partial charge in [0.25, 0.3) is 5.91 Å². The van der Waals surface area contributed by atoms with Crippen LogP contribution >= 0.6 is 23.2 Å². The second kappa shape index (κ2) is 9.53. The van der Waals surface area contributed by atoms with Crippen molar-refractivity contribution in [3.8, 4) is 16.9 Å². The lowest BCUT2D eigenvalue weighted by molar-refractivity contribution is -0.147. The van der Waals surface area contributed by atoms with Gasteiger partial charge in [-0.3, -0.25) is 9.59 Å². The molecule has 9 heteroatoms. The summed E-state index contributed by atoms with van der Waals surface area (Å²) in [7, 11) is 0. The molecule has 0 spiro atoms. The molecule has 2 atom stereocenters. The molecule has 1 aliphatic rings. The zero-order valence-corrected chi connectivity index (χ0v) is 19.2. The van der Waals surface area contributed by atoms with Gasteiger partial charge < -0.3 is 14.7 Å². The average molecular weight is 491 g/mol. The number of aromatic nitrogens is 1. The smallest absolute Gasteiger partial charge is 0.308 e. The molecule has 3 aromatic rings. The number of hydrogen-bond donors (Lipinski definition) is 1. The summed E-state index contributed by atoms with van der Waals surface area (Å²) in [6.45, 7) is 2.32. The number of carbonyl (C=O) groups is 2. The summed E-state index contributed by atoms with van der Waals surface area (Å²) in [6.07, 6.45) is 0.397. The van der Waals surface area contributed by atoms with Gasteiger partial charge in [-0.1, -0.05) is 23.2 Å². The van der Waals surface area contributed by atoms with Crippen LogP contribution < -0.4 is 4.74 Å². The second-order valence-electron chi connectivity index (χ2n) is 8.02. The minimum absolute atomic E-state index is 0.179. The fourth-order valence-electron chi connectivity index (χ4n) is 4.07. The molecule has 2 heterocycles. The Labute approximate surface area is 199 Å². The Bertz CT molecular complexity index is 1240. The Morgan fingerprint density at radius 2 is 1.97 bits per heavy atom. The van der Waals surface area contributed by atoms with Crippen LogP contribution in [-0.4, -0.2) is 46.1 Å². The minimum atomic E-state index is -0.893. The van der Waals surface area contributed by atoms with Crippen LogP contribution in [0.3, 0.4) is 0 Å². The molecule has 1 amide bonds. The van der Waals surface area contributed by atoms with Crippen LogP contribution in [0.25, 0.3) is 22.0 Å². The number of piperidine rings is 1. The molecule has 1 unspecified atom stereocenters. The number of pyridine rings is 1. The first-order valence-electron chi connectivity index (χ1n) is 10.5. The van der Waals surface area contributed by atoms with Crippen LogP contribution in [0, 0.1) is 11.7 Å². The van der Waals surface area contributed by atoms with Gasteiger partial charge in [0.05, 0.1) is 16.5 Å². The summed E-state index contributed by atoms with van der Waals surface area (Å²) >= 11 is 12.5. The van der Waals surface area contributed by atoms with Crippen molar-refractivity contribution in [3.63, 3.8) is 0 Å². The van der Waals surface area contributed by atoms with Gasteiger partial charge in [0, 0.05) is 30.1 Å². The first-order valence-corrected chi connectivity index (χ1v) is 11.2. The highest BCUT2D eigenvalue weighted by Crippen LogP contribution is 2.36. The van der Waals surface area contributed by atoms with Crippen molar-refractivity contribution >= 4 is 46.0 Å². The molecule has 1 aromatic heterocycles. The van der Waals surface area contributed by atoms with E-state index in [1.54, 1.807) is 37.3 Å². The van der Waals surface area contributed by atoms with Crippen molar-refractivity contribution in [2.45, 2.75) is 25.9 Å². The van der Waals surface area contributed by atoms with Crippen LogP contribution in [0.4, 0.5) is 4.39 Å². The van der Waals surface area contributed by atoms with Gasteiger partial charge in [0.2, 0.25) is 0 Å². The number of halogens is 3. The Kier molecular flexibility index (Phi) is 6.72. The maximum atomic E-state index is 13.5. The molecule has 1 saturated heterocycles. The summed E-state index contributed by atoms with van der Waals surface area (Å²) < 4.78 is 19.4. The predicted octanol–water partition coefficient (Wildman–Crippen LogP) is 5.44. The van der Waals surface area contributed by atoms with Crippen LogP contribution in [0.1, 0.15) is 19.8 Å². The van der Waals surface area contributed by atoms with Crippen LogP contribution in [-0.2, 0) is 9.59 Å². The second-order valence-corrected chi connectivity index (χ2v) is 8.81. The third kappa shape index (κ3) is 5.04. The molecule has 1 N–H and O–H groups in total. The highest BCUT2D eigenvalue weighted by molar-refractivity contribution is 6.34. The van der Waals surface area contributed by atoms with Crippen molar-refractivity contribution in [2.24, 2.45) is 5.92 Å². The maximum Gasteiger partial charge on any atom is 0.308 e. The van der Waals surface area contributed by atoms with Gasteiger partial charge >= 0.3 is 5.97 Å². The first-order chi connectivity index (χ1) is 15.7. The number of amides is 1. The molecule has 33 heavy (non-hydrogen) atoms. The monoisotopic (exact) mass is 490 g/mol. The quantitative estimate of drug-likeness (QED) is 0.481. The largest absolute Gasteiger partial charge is 0.481 e. The zero-order chi connectivity index (χ0) is 23.7. The zero-order valence-electron chi connectivity index (χ0n) is 17.7. The van der Waals surface area contributed by atoms with E-state index in [1.165, 1.54) is 17.0 Å². The van der Waals surface area contributed by atoms with E-state index < -0.39 is 23.8 Å². The number of rotatable bonds is 5. The van der Waals surface area contributed by atoms with Crippen molar-refractivity contribution < 1.29 is 23.8 Å². The number of ether oxygens (including phenoxy) is 1. The van der Waals surface area contributed by atoms with Gasteiger partial charge in [-0.15, -0.1) is 0 Å². The summed E-state index contributed by atoms with van der Waals surface area (Å²) in [5.74, 6) is -1.74. The van der Waals surface area contributed by atoms with E-state index >= 15 is 0 Å². The number of benzene rings is 2. The number of fused-ring (bicyclic) bond motifs is 1. The lowest BCUT2D eigenvalue weighted by atomic mass is 9.98. The number of aliphatic carboxylic acids is 1. The van der Waals surface area contributed by atoms with Gasteiger partial charge in [-0.2, -0.15) is 0 Å². The SMILES string of the molecule is CC(Oc1ccc2c(-c3ccc(F)cc3Cl)cc(Cl)nc2c1)C(=O)N1CCC[C@H](C(=O)O)C1. The van der Waals surface area contributed by atoms with E-state index in [0.29, 0.717) is 41.8 Å². The number of carboxylic acids is 1. The van der Waals surface area contributed by atoms with Crippen molar-refractivity contribution in [3.05, 3.63) is 58.5 Å². The molecular formula is C24H21Cl2FN2O4. The normalized spacial score (nSPS) is 17.1. The summed E-state index contributed by atoms with van der Waals surface area (Å²) in [4.78, 5) is 30.0. The van der Waals surface area contributed by atoms with E-state index in [4.69, 9.17) is 27.9 Å². The third-order valence-corrected chi connectivity index (χ3v) is 6.22. The number of nitrogens with zero attached hydrogens (tertiary/aromatic N) is 2. The number of likely N-dealkylation sites (tertiary alicyclic amines) is 1. The van der Waals surface area contributed by atoms with Gasteiger partial charge in [-0.25, -0.2) is 9.37 Å². The van der Waals surface area contributed by atoms with Gasteiger partial charge in [-0.05, 0) is 61.7 Å². The molecule has 2 aromatic carbocycles. The standard InChI is InChI=1S/C24H21Cl2FN2O4/c1-13(23(30)29-8-2-3-14(12-29)24(31)32)33-16-5-7-18-19(11-22(26)28-21(18)10-16)17-6-4-15(27)9-20(17)25/h4-7,9-11,13-14H,2-3,8,12H2,1H3,(H,31,32)/t13?,14-/m0/s1. The van der Waals surface area contributed by atoms with Crippen molar-refractivity contribution in [2.75, 3.05) is 13.1 Å². The molecule has 6 nitrogen and oxygen atoms in total. The molecule has 0 aliphatic carbocycles. The van der Waals surface area contributed by atoms with Crippen molar-refractivity contribution in [1.29, 1.82) is 0 Å². The van der Waals surface area contributed by atoms with E-state index in [2.05, 4.69) is 4.98 Å².